The Labute approximate surface area is 149 Å². The Bertz CT molecular complexity index is 1110. The van der Waals surface area contributed by atoms with Crippen molar-refractivity contribution in [2.75, 3.05) is 5.32 Å². The minimum atomic E-state index is -0.952. The molecule has 0 unspecified atom stereocenters. The second-order valence-corrected chi connectivity index (χ2v) is 6.02. The number of carbonyl (C=O) groups excluding carboxylic acids is 1. The van der Waals surface area contributed by atoms with Crippen LogP contribution in [-0.4, -0.2) is 15.5 Å². The maximum Gasteiger partial charge on any atom is 0.317 e. The molecule has 0 radical (unpaired) electrons. The number of aromatic nitrogens is 2. The van der Waals surface area contributed by atoms with E-state index in [1.54, 1.807) is 6.07 Å². The first-order valence-corrected chi connectivity index (χ1v) is 7.78. The Morgan fingerprint density at radius 1 is 1.16 bits per heavy atom. The first-order chi connectivity index (χ1) is 11.8. The Balaban J connectivity index is 1.98. The van der Waals surface area contributed by atoms with Crippen molar-refractivity contribution in [3.05, 3.63) is 73.0 Å². The van der Waals surface area contributed by atoms with Gasteiger partial charge in [-0.15, -0.1) is 0 Å². The molecule has 0 aliphatic rings. The van der Waals surface area contributed by atoms with E-state index in [1.807, 2.05) is 0 Å². The quantitative estimate of drug-likeness (QED) is 0.684. The molecule has 6 nitrogen and oxygen atoms in total. The SMILES string of the molecule is O=C(Cn1c(=O)c(=O)[nH]c2cc(F)ccc21)Nc1cc(Cl)ccc1Cl. The molecule has 0 spiro atoms. The van der Waals surface area contributed by atoms with Gasteiger partial charge in [0.05, 0.1) is 21.7 Å². The van der Waals surface area contributed by atoms with Gasteiger partial charge in [-0.3, -0.25) is 19.0 Å². The van der Waals surface area contributed by atoms with Gasteiger partial charge in [-0.1, -0.05) is 23.2 Å². The van der Waals surface area contributed by atoms with Crippen LogP contribution in [0.1, 0.15) is 0 Å². The highest BCUT2D eigenvalue weighted by Gasteiger charge is 2.13. The minimum absolute atomic E-state index is 0.109. The van der Waals surface area contributed by atoms with Crippen LogP contribution in [-0.2, 0) is 11.3 Å². The Morgan fingerprint density at radius 2 is 1.92 bits per heavy atom. The van der Waals surface area contributed by atoms with E-state index in [9.17, 15) is 18.8 Å². The monoisotopic (exact) mass is 381 g/mol. The van der Waals surface area contributed by atoms with Gasteiger partial charge in [0.2, 0.25) is 5.91 Å². The lowest BCUT2D eigenvalue weighted by Crippen LogP contribution is -2.38. The van der Waals surface area contributed by atoms with Gasteiger partial charge in [-0.05, 0) is 36.4 Å². The van der Waals surface area contributed by atoms with Crippen molar-refractivity contribution in [1.29, 1.82) is 0 Å². The molecule has 1 amide bonds. The Hall–Kier alpha value is -2.64. The minimum Gasteiger partial charge on any atom is -0.323 e. The first-order valence-electron chi connectivity index (χ1n) is 7.02. The third-order valence-electron chi connectivity index (χ3n) is 3.44. The standard InChI is InChI=1S/C16H10Cl2FN3O3/c17-8-1-3-10(18)11(5-8)20-14(23)7-22-13-4-2-9(19)6-12(13)21-15(24)16(22)25/h1-6H,7H2,(H,20,23)(H,21,24). The molecule has 0 fully saturated rings. The highest BCUT2D eigenvalue weighted by Crippen LogP contribution is 2.25. The second-order valence-electron chi connectivity index (χ2n) is 5.18. The zero-order chi connectivity index (χ0) is 18.1. The van der Waals surface area contributed by atoms with E-state index in [4.69, 9.17) is 23.2 Å². The van der Waals surface area contributed by atoms with Crippen molar-refractivity contribution in [3.63, 3.8) is 0 Å². The number of amides is 1. The molecule has 0 bridgehead atoms. The molecule has 3 rings (SSSR count). The van der Waals surface area contributed by atoms with Crippen LogP contribution < -0.4 is 16.4 Å². The molecule has 25 heavy (non-hydrogen) atoms. The molecule has 1 heterocycles. The number of H-pyrrole nitrogens is 1. The summed E-state index contributed by atoms with van der Waals surface area (Å²) in [4.78, 5) is 38.3. The van der Waals surface area contributed by atoms with Gasteiger partial charge in [0.1, 0.15) is 12.4 Å². The molecule has 0 saturated heterocycles. The predicted molar refractivity (Wildman–Crippen MR) is 93.9 cm³/mol. The number of rotatable bonds is 3. The summed E-state index contributed by atoms with van der Waals surface area (Å²) < 4.78 is 14.3. The van der Waals surface area contributed by atoms with E-state index < -0.39 is 29.4 Å². The zero-order valence-electron chi connectivity index (χ0n) is 12.5. The van der Waals surface area contributed by atoms with Gasteiger partial charge >= 0.3 is 11.1 Å². The topological polar surface area (TPSA) is 84.0 Å². The van der Waals surface area contributed by atoms with Crippen molar-refractivity contribution in [3.8, 4) is 0 Å². The molecule has 9 heteroatoms. The van der Waals surface area contributed by atoms with Gasteiger partial charge in [-0.2, -0.15) is 0 Å². The summed E-state index contributed by atoms with van der Waals surface area (Å²) in [5.41, 5.74) is -1.28. The van der Waals surface area contributed by atoms with Crippen LogP contribution in [0.2, 0.25) is 10.0 Å². The third-order valence-corrected chi connectivity index (χ3v) is 4.01. The Kier molecular flexibility index (Phi) is 4.61. The highest BCUT2D eigenvalue weighted by atomic mass is 35.5. The number of halogens is 3. The van der Waals surface area contributed by atoms with Gasteiger partial charge in [0.15, 0.2) is 0 Å². The second kappa shape index (κ2) is 6.70. The average Bonchev–Trinajstić information content (AvgIpc) is 2.55. The molecule has 2 N–H and O–H groups in total. The number of anilines is 1. The largest absolute Gasteiger partial charge is 0.323 e. The van der Waals surface area contributed by atoms with Crippen LogP contribution in [0.15, 0.2) is 46.0 Å². The highest BCUT2D eigenvalue weighted by molar-refractivity contribution is 6.35. The van der Waals surface area contributed by atoms with Gasteiger partial charge in [0, 0.05) is 5.02 Å². The van der Waals surface area contributed by atoms with Crippen LogP contribution in [0.4, 0.5) is 10.1 Å². The number of benzene rings is 2. The molecule has 3 aromatic rings. The zero-order valence-corrected chi connectivity index (χ0v) is 14.0. The Morgan fingerprint density at radius 3 is 2.68 bits per heavy atom. The molecule has 1 aromatic heterocycles. The van der Waals surface area contributed by atoms with Crippen LogP contribution in [0.3, 0.4) is 0 Å². The number of carbonyl (C=O) groups is 1. The van der Waals surface area contributed by atoms with E-state index in [2.05, 4.69) is 10.3 Å². The van der Waals surface area contributed by atoms with Gasteiger partial charge in [-0.25, -0.2) is 4.39 Å². The first kappa shape index (κ1) is 17.2. The number of aromatic amines is 1. The molecule has 0 atom stereocenters. The van der Waals surface area contributed by atoms with Crippen molar-refractivity contribution in [2.45, 2.75) is 6.54 Å². The van der Waals surface area contributed by atoms with E-state index in [-0.39, 0.29) is 21.7 Å². The van der Waals surface area contributed by atoms with Crippen LogP contribution >= 0.6 is 23.2 Å². The van der Waals surface area contributed by atoms with Crippen molar-refractivity contribution >= 4 is 45.8 Å². The predicted octanol–water partition coefficient (Wildman–Crippen LogP) is 2.77. The van der Waals surface area contributed by atoms with E-state index in [0.29, 0.717) is 5.02 Å². The fourth-order valence-corrected chi connectivity index (χ4v) is 2.67. The molecular formula is C16H10Cl2FN3O3. The number of hydrogen-bond donors (Lipinski definition) is 2. The average molecular weight is 382 g/mol. The summed E-state index contributed by atoms with van der Waals surface area (Å²) in [6.07, 6.45) is 0. The third kappa shape index (κ3) is 3.57. The van der Waals surface area contributed by atoms with E-state index >= 15 is 0 Å². The molecule has 0 aliphatic carbocycles. The molecule has 0 aliphatic heterocycles. The van der Waals surface area contributed by atoms with E-state index in [1.165, 1.54) is 18.2 Å². The lowest BCUT2D eigenvalue weighted by atomic mass is 10.2. The van der Waals surface area contributed by atoms with Crippen molar-refractivity contribution in [1.82, 2.24) is 9.55 Å². The summed E-state index contributed by atoms with van der Waals surface area (Å²) in [7, 11) is 0. The fraction of sp³-hybridized carbons (Fsp3) is 0.0625. The smallest absolute Gasteiger partial charge is 0.317 e. The van der Waals surface area contributed by atoms with Gasteiger partial charge < -0.3 is 10.3 Å². The fourth-order valence-electron chi connectivity index (χ4n) is 2.34. The summed E-state index contributed by atoms with van der Waals surface area (Å²) in [5.74, 6) is -1.17. The van der Waals surface area contributed by atoms with Crippen LogP contribution in [0, 0.1) is 5.82 Å². The summed E-state index contributed by atoms with van der Waals surface area (Å²) in [6, 6.07) is 8.03. The maximum absolute atomic E-state index is 13.3. The lowest BCUT2D eigenvalue weighted by Gasteiger charge is -2.11. The normalized spacial score (nSPS) is 10.8. The summed E-state index contributed by atoms with van der Waals surface area (Å²) >= 11 is 11.8. The number of hydrogen-bond acceptors (Lipinski definition) is 3. The van der Waals surface area contributed by atoms with Crippen LogP contribution in [0.5, 0.6) is 0 Å². The summed E-state index contributed by atoms with van der Waals surface area (Å²) in [5, 5.41) is 3.16. The molecule has 0 saturated carbocycles. The number of nitrogens with zero attached hydrogens (tertiary/aromatic N) is 1. The maximum atomic E-state index is 13.3. The molecule has 2 aromatic carbocycles. The molecular weight excluding hydrogens is 372 g/mol. The van der Waals surface area contributed by atoms with Gasteiger partial charge in [0.25, 0.3) is 0 Å². The lowest BCUT2D eigenvalue weighted by molar-refractivity contribution is -0.116. The summed E-state index contributed by atoms with van der Waals surface area (Å²) in [6.45, 7) is -0.451. The van der Waals surface area contributed by atoms with E-state index in [0.717, 1.165) is 16.7 Å². The van der Waals surface area contributed by atoms with Crippen molar-refractivity contribution in [2.24, 2.45) is 0 Å². The number of fused-ring (bicyclic) bond motifs is 1. The van der Waals surface area contributed by atoms with Crippen LogP contribution in [0.25, 0.3) is 11.0 Å². The number of nitrogens with one attached hydrogen (secondary N) is 2. The molecule has 128 valence electrons. The van der Waals surface area contributed by atoms with Crippen molar-refractivity contribution < 1.29 is 9.18 Å².